The summed E-state index contributed by atoms with van der Waals surface area (Å²) < 4.78 is 6.99. The fourth-order valence-corrected chi connectivity index (χ4v) is 4.26. The van der Waals surface area contributed by atoms with Gasteiger partial charge in [0.1, 0.15) is 5.82 Å². The molecule has 0 radical (unpaired) electrons. The van der Waals surface area contributed by atoms with Crippen molar-refractivity contribution in [3.63, 3.8) is 0 Å². The van der Waals surface area contributed by atoms with E-state index in [-0.39, 0.29) is 11.1 Å². The molecule has 0 saturated heterocycles. The molecule has 1 atom stereocenters. The van der Waals surface area contributed by atoms with Crippen molar-refractivity contribution in [2.45, 2.75) is 23.5 Å². The molecule has 0 N–H and O–H groups in total. The monoisotopic (exact) mass is 351 g/mol. The zero-order chi connectivity index (χ0) is 17.2. The maximum absolute atomic E-state index is 12.3. The number of hydrogen-bond acceptors (Lipinski definition) is 5. The Morgan fingerprint density at radius 3 is 2.72 bits per heavy atom. The summed E-state index contributed by atoms with van der Waals surface area (Å²) >= 11 is 1.79. The maximum atomic E-state index is 12.3. The molecule has 0 spiro atoms. The first-order valence-corrected chi connectivity index (χ1v) is 9.08. The number of carbonyl (C=O) groups is 1. The van der Waals surface area contributed by atoms with Crippen LogP contribution in [-0.2, 0) is 11.2 Å². The van der Waals surface area contributed by atoms with Gasteiger partial charge in [0.25, 0.3) is 0 Å². The molecule has 0 amide bonds. The average molecular weight is 351 g/mol. The number of aromatic nitrogens is 3. The smallest absolute Gasteiger partial charge is 0.376 e. The molecule has 0 bridgehead atoms. The first-order valence-electron chi connectivity index (χ1n) is 8.20. The van der Waals surface area contributed by atoms with E-state index in [0.717, 1.165) is 16.4 Å². The standard InChI is InChI=1S/C19H17N3O2S/c1-2-24-19(23)18-21-20-17-12-16(13-8-4-3-5-9-13)25-15-11-7-6-10-14(15)22(17)18/h3-11,16H,2,12H2,1H3. The lowest BCUT2D eigenvalue weighted by molar-refractivity contribution is 0.0509. The van der Waals surface area contributed by atoms with Crippen LogP contribution in [0.3, 0.4) is 0 Å². The van der Waals surface area contributed by atoms with Crippen LogP contribution in [0.5, 0.6) is 0 Å². The van der Waals surface area contributed by atoms with E-state index in [1.165, 1.54) is 5.56 Å². The summed E-state index contributed by atoms with van der Waals surface area (Å²) in [6.45, 7) is 2.09. The number of benzene rings is 2. The number of thioether (sulfide) groups is 1. The third-order valence-electron chi connectivity index (χ3n) is 4.10. The number of rotatable bonds is 3. The summed E-state index contributed by atoms with van der Waals surface area (Å²) in [5.74, 6) is 0.562. The first-order chi connectivity index (χ1) is 12.3. The van der Waals surface area contributed by atoms with Gasteiger partial charge in [0, 0.05) is 16.6 Å². The van der Waals surface area contributed by atoms with Crippen molar-refractivity contribution in [1.29, 1.82) is 0 Å². The predicted octanol–water partition coefficient (Wildman–Crippen LogP) is 3.83. The Morgan fingerprint density at radius 2 is 1.92 bits per heavy atom. The van der Waals surface area contributed by atoms with Crippen LogP contribution in [0.25, 0.3) is 5.69 Å². The lowest BCUT2D eigenvalue weighted by Gasteiger charge is -2.14. The van der Waals surface area contributed by atoms with Crippen molar-refractivity contribution >= 4 is 17.7 Å². The molecule has 1 aromatic heterocycles. The van der Waals surface area contributed by atoms with Crippen LogP contribution in [-0.4, -0.2) is 27.3 Å². The Bertz CT molecular complexity index is 908. The highest BCUT2D eigenvalue weighted by molar-refractivity contribution is 7.99. The highest BCUT2D eigenvalue weighted by Crippen LogP contribution is 2.43. The average Bonchev–Trinajstić information content (AvgIpc) is 2.99. The first kappa shape index (κ1) is 15.9. The van der Waals surface area contributed by atoms with E-state index in [9.17, 15) is 4.79 Å². The van der Waals surface area contributed by atoms with Crippen molar-refractivity contribution in [2.24, 2.45) is 0 Å². The quantitative estimate of drug-likeness (QED) is 0.671. The van der Waals surface area contributed by atoms with E-state index in [2.05, 4.69) is 28.4 Å². The third-order valence-corrected chi connectivity index (χ3v) is 5.43. The second-order valence-electron chi connectivity index (χ2n) is 5.68. The normalized spacial score (nSPS) is 15.8. The molecule has 0 aliphatic carbocycles. The summed E-state index contributed by atoms with van der Waals surface area (Å²) in [7, 11) is 0. The summed E-state index contributed by atoms with van der Waals surface area (Å²) in [5, 5.41) is 8.62. The second-order valence-corrected chi connectivity index (χ2v) is 6.93. The number of hydrogen-bond donors (Lipinski definition) is 0. The SMILES string of the molecule is CCOC(=O)c1nnc2n1-c1ccccc1SC(c1ccccc1)C2. The van der Waals surface area contributed by atoms with Gasteiger partial charge in [-0.05, 0) is 24.6 Å². The van der Waals surface area contributed by atoms with E-state index in [1.54, 1.807) is 18.7 Å². The summed E-state index contributed by atoms with van der Waals surface area (Å²) in [6, 6.07) is 18.4. The Kier molecular flexibility index (Phi) is 4.28. The Hall–Kier alpha value is -2.60. The second kappa shape index (κ2) is 6.72. The van der Waals surface area contributed by atoms with Crippen molar-refractivity contribution in [3.8, 4) is 5.69 Å². The van der Waals surface area contributed by atoms with Crippen molar-refractivity contribution in [3.05, 3.63) is 71.8 Å². The largest absolute Gasteiger partial charge is 0.460 e. The van der Waals surface area contributed by atoms with Crippen molar-refractivity contribution in [2.75, 3.05) is 6.61 Å². The maximum Gasteiger partial charge on any atom is 0.376 e. The van der Waals surface area contributed by atoms with Crippen molar-refractivity contribution < 1.29 is 9.53 Å². The summed E-state index contributed by atoms with van der Waals surface area (Å²) in [6.07, 6.45) is 0.690. The van der Waals surface area contributed by atoms with Gasteiger partial charge in [-0.15, -0.1) is 22.0 Å². The van der Waals surface area contributed by atoms with Gasteiger partial charge in [-0.2, -0.15) is 0 Å². The topological polar surface area (TPSA) is 57.0 Å². The van der Waals surface area contributed by atoms with Crippen LogP contribution in [0.1, 0.15) is 34.2 Å². The molecule has 0 fully saturated rings. The third kappa shape index (κ3) is 2.93. The van der Waals surface area contributed by atoms with Gasteiger partial charge in [-0.3, -0.25) is 4.57 Å². The van der Waals surface area contributed by atoms with Gasteiger partial charge in [-0.25, -0.2) is 4.79 Å². The van der Waals surface area contributed by atoms with Crippen LogP contribution >= 0.6 is 11.8 Å². The van der Waals surface area contributed by atoms with Gasteiger partial charge < -0.3 is 4.74 Å². The molecule has 1 aliphatic rings. The van der Waals surface area contributed by atoms with Crippen LogP contribution in [0.4, 0.5) is 0 Å². The fraction of sp³-hybridized carbons (Fsp3) is 0.211. The number of esters is 1. The highest BCUT2D eigenvalue weighted by Gasteiger charge is 2.29. The van der Waals surface area contributed by atoms with E-state index in [1.807, 2.05) is 41.0 Å². The van der Waals surface area contributed by atoms with Crippen LogP contribution in [0.2, 0.25) is 0 Å². The predicted molar refractivity (Wildman–Crippen MR) is 96.1 cm³/mol. The number of carbonyl (C=O) groups excluding carboxylic acids is 1. The van der Waals surface area contributed by atoms with Crippen LogP contribution in [0.15, 0.2) is 59.5 Å². The molecular formula is C19H17N3O2S. The molecule has 5 nitrogen and oxygen atoms in total. The zero-order valence-corrected chi connectivity index (χ0v) is 14.6. The van der Waals surface area contributed by atoms with Crippen LogP contribution < -0.4 is 0 Å². The van der Waals surface area contributed by atoms with Crippen LogP contribution in [0, 0.1) is 0 Å². The van der Waals surface area contributed by atoms with Gasteiger partial charge in [0.2, 0.25) is 5.82 Å². The summed E-state index contributed by atoms with van der Waals surface area (Å²) in [4.78, 5) is 13.4. The molecule has 3 aromatic rings. The lowest BCUT2D eigenvalue weighted by Crippen LogP contribution is -2.14. The van der Waals surface area contributed by atoms with Gasteiger partial charge in [-0.1, -0.05) is 42.5 Å². The molecule has 2 aromatic carbocycles. The molecule has 4 rings (SSSR count). The van der Waals surface area contributed by atoms with Crippen molar-refractivity contribution in [1.82, 2.24) is 14.8 Å². The summed E-state index contributed by atoms with van der Waals surface area (Å²) in [5.41, 5.74) is 2.16. The van der Waals surface area contributed by atoms with Gasteiger partial charge in [0.05, 0.1) is 12.3 Å². The fourth-order valence-electron chi connectivity index (χ4n) is 2.99. The Balaban J connectivity index is 1.85. The Morgan fingerprint density at radius 1 is 1.16 bits per heavy atom. The van der Waals surface area contributed by atoms with E-state index < -0.39 is 5.97 Å². The molecule has 1 aliphatic heterocycles. The molecule has 0 saturated carbocycles. The Labute approximate surface area is 150 Å². The molecule has 6 heteroatoms. The molecule has 1 unspecified atom stereocenters. The number of nitrogens with zero attached hydrogens (tertiary/aromatic N) is 3. The lowest BCUT2D eigenvalue weighted by atomic mass is 10.1. The van der Waals surface area contributed by atoms with Gasteiger partial charge >= 0.3 is 5.97 Å². The van der Waals surface area contributed by atoms with E-state index in [0.29, 0.717) is 13.0 Å². The highest BCUT2D eigenvalue weighted by atomic mass is 32.2. The number of para-hydroxylation sites is 1. The minimum Gasteiger partial charge on any atom is -0.460 e. The number of ether oxygens (including phenoxy) is 1. The minimum absolute atomic E-state index is 0.211. The zero-order valence-electron chi connectivity index (χ0n) is 13.8. The molecule has 25 heavy (non-hydrogen) atoms. The van der Waals surface area contributed by atoms with E-state index in [4.69, 9.17) is 4.74 Å². The minimum atomic E-state index is -0.445. The van der Waals surface area contributed by atoms with Gasteiger partial charge in [0.15, 0.2) is 0 Å². The molecule has 126 valence electrons. The molecule has 2 heterocycles. The van der Waals surface area contributed by atoms with E-state index >= 15 is 0 Å². The molecular weight excluding hydrogens is 334 g/mol. The number of fused-ring (bicyclic) bond motifs is 3.